The second-order valence-corrected chi connectivity index (χ2v) is 3.98. The topological polar surface area (TPSA) is 28.4 Å². The van der Waals surface area contributed by atoms with Crippen LogP contribution in [0.5, 0.6) is 0 Å². The Morgan fingerprint density at radius 2 is 2.25 bits per heavy atom. The minimum atomic E-state index is -0.956. The lowest BCUT2D eigenvalue weighted by Crippen LogP contribution is -2.48. The molecular weight excluding hydrogens is 207 g/mol. The van der Waals surface area contributed by atoms with E-state index in [-0.39, 0.29) is 0 Å². The van der Waals surface area contributed by atoms with E-state index in [1.165, 1.54) is 0 Å². The molecule has 1 unspecified atom stereocenters. The highest BCUT2D eigenvalue weighted by Gasteiger charge is 2.21. The van der Waals surface area contributed by atoms with Gasteiger partial charge in [-0.3, -0.25) is 5.32 Å². The van der Waals surface area contributed by atoms with E-state index in [1.54, 1.807) is 6.26 Å². The molecule has 16 heavy (non-hydrogen) atoms. The number of piperazine rings is 1. The summed E-state index contributed by atoms with van der Waals surface area (Å²) in [4.78, 5) is 2.02. The van der Waals surface area contributed by atoms with Crippen LogP contribution in [0.4, 0.5) is 10.1 Å². The molecule has 1 atom stereocenters. The van der Waals surface area contributed by atoms with Gasteiger partial charge >= 0.3 is 0 Å². The summed E-state index contributed by atoms with van der Waals surface area (Å²) >= 11 is 0. The van der Waals surface area contributed by atoms with E-state index in [0.29, 0.717) is 13.1 Å². The van der Waals surface area contributed by atoms with E-state index in [1.807, 2.05) is 29.2 Å². The summed E-state index contributed by atoms with van der Waals surface area (Å²) in [6, 6.07) is 7.83. The Kier molecular flexibility index (Phi) is 2.29. The first-order valence-electron chi connectivity index (χ1n) is 5.43. The average Bonchev–Trinajstić information content (AvgIpc) is 2.72. The molecule has 4 heteroatoms. The van der Waals surface area contributed by atoms with Gasteiger partial charge in [0.2, 0.25) is 0 Å². The fourth-order valence-corrected chi connectivity index (χ4v) is 2.13. The zero-order valence-electron chi connectivity index (χ0n) is 8.82. The van der Waals surface area contributed by atoms with Gasteiger partial charge in [0, 0.05) is 18.5 Å². The first-order valence-corrected chi connectivity index (χ1v) is 5.43. The molecule has 2 aromatic rings. The molecule has 2 heterocycles. The highest BCUT2D eigenvalue weighted by molar-refractivity contribution is 5.91. The average molecular weight is 220 g/mol. The van der Waals surface area contributed by atoms with Crippen molar-refractivity contribution in [3.05, 3.63) is 30.5 Å². The van der Waals surface area contributed by atoms with Crippen molar-refractivity contribution in [1.82, 2.24) is 5.32 Å². The summed E-state index contributed by atoms with van der Waals surface area (Å²) in [6.07, 6.45) is 0.755. The van der Waals surface area contributed by atoms with Crippen LogP contribution in [0.1, 0.15) is 0 Å². The number of benzene rings is 1. The molecule has 1 fully saturated rings. The van der Waals surface area contributed by atoms with Crippen molar-refractivity contribution >= 4 is 16.7 Å². The molecule has 0 amide bonds. The van der Waals surface area contributed by atoms with Gasteiger partial charge < -0.3 is 9.32 Å². The monoisotopic (exact) mass is 220 g/mol. The van der Waals surface area contributed by atoms with Crippen LogP contribution in [-0.4, -0.2) is 25.9 Å². The second-order valence-electron chi connectivity index (χ2n) is 3.98. The molecule has 0 spiro atoms. The van der Waals surface area contributed by atoms with Gasteiger partial charge in [0.25, 0.3) is 0 Å². The smallest absolute Gasteiger partial charge is 0.168 e. The van der Waals surface area contributed by atoms with Crippen LogP contribution in [0.15, 0.2) is 34.9 Å². The van der Waals surface area contributed by atoms with E-state index in [2.05, 4.69) is 5.32 Å². The molecule has 3 rings (SSSR count). The van der Waals surface area contributed by atoms with Crippen LogP contribution >= 0.6 is 0 Å². The van der Waals surface area contributed by atoms with Crippen LogP contribution in [0, 0.1) is 0 Å². The Bertz CT molecular complexity index is 496. The molecule has 1 N–H and O–H groups in total. The van der Waals surface area contributed by atoms with Crippen LogP contribution in [0.2, 0.25) is 0 Å². The third-order valence-corrected chi connectivity index (χ3v) is 2.93. The van der Waals surface area contributed by atoms with Crippen molar-refractivity contribution in [1.29, 1.82) is 0 Å². The quantitative estimate of drug-likeness (QED) is 0.746. The number of rotatable bonds is 1. The maximum absolute atomic E-state index is 13.2. The standard InChI is InChI=1S/C12H13FN2O/c13-12-7-15(6-5-14-12)10-8-16-11-4-2-1-3-9(10)11/h1-4,8,12,14H,5-7H2. The lowest BCUT2D eigenvalue weighted by Gasteiger charge is -2.30. The summed E-state index contributed by atoms with van der Waals surface area (Å²) in [6.45, 7) is 1.86. The number of furan rings is 1. The van der Waals surface area contributed by atoms with Gasteiger partial charge in [-0.15, -0.1) is 0 Å². The van der Waals surface area contributed by atoms with Crippen LogP contribution < -0.4 is 10.2 Å². The predicted octanol–water partition coefficient (Wildman–Crippen LogP) is 2.14. The van der Waals surface area contributed by atoms with Gasteiger partial charge in [-0.1, -0.05) is 12.1 Å². The first kappa shape index (κ1) is 9.66. The molecule has 1 aromatic carbocycles. The molecular formula is C12H13FN2O. The van der Waals surface area contributed by atoms with Crippen LogP contribution in [0.25, 0.3) is 11.0 Å². The Morgan fingerprint density at radius 3 is 3.12 bits per heavy atom. The highest BCUT2D eigenvalue weighted by Crippen LogP contribution is 2.29. The Hall–Kier alpha value is -1.55. The van der Waals surface area contributed by atoms with E-state index in [0.717, 1.165) is 23.2 Å². The summed E-state index contributed by atoms with van der Waals surface area (Å²) in [5.74, 6) is 0. The van der Waals surface area contributed by atoms with Crippen molar-refractivity contribution in [2.24, 2.45) is 0 Å². The van der Waals surface area contributed by atoms with Crippen molar-refractivity contribution in [3.63, 3.8) is 0 Å². The number of halogens is 1. The van der Waals surface area contributed by atoms with Crippen LogP contribution in [-0.2, 0) is 0 Å². The molecule has 1 aromatic heterocycles. The van der Waals surface area contributed by atoms with Crippen molar-refractivity contribution in [2.45, 2.75) is 6.30 Å². The second kappa shape index (κ2) is 3.79. The van der Waals surface area contributed by atoms with Gasteiger partial charge in [0.05, 0.1) is 12.2 Å². The third kappa shape index (κ3) is 1.55. The maximum Gasteiger partial charge on any atom is 0.168 e. The Morgan fingerprint density at radius 1 is 1.38 bits per heavy atom. The molecule has 1 saturated heterocycles. The lowest BCUT2D eigenvalue weighted by molar-refractivity contribution is 0.256. The normalized spacial score (nSPS) is 21.6. The molecule has 0 aliphatic carbocycles. The van der Waals surface area contributed by atoms with Gasteiger partial charge in [-0.25, -0.2) is 4.39 Å². The minimum absolute atomic E-state index is 0.378. The zero-order chi connectivity index (χ0) is 11.0. The van der Waals surface area contributed by atoms with E-state index < -0.39 is 6.30 Å². The van der Waals surface area contributed by atoms with Gasteiger partial charge in [0.1, 0.15) is 11.8 Å². The van der Waals surface area contributed by atoms with Crippen molar-refractivity contribution < 1.29 is 8.81 Å². The molecule has 0 radical (unpaired) electrons. The van der Waals surface area contributed by atoms with E-state index in [4.69, 9.17) is 4.42 Å². The molecule has 0 saturated carbocycles. The van der Waals surface area contributed by atoms with Crippen molar-refractivity contribution in [2.75, 3.05) is 24.5 Å². The molecule has 0 bridgehead atoms. The fourth-order valence-electron chi connectivity index (χ4n) is 2.13. The predicted molar refractivity (Wildman–Crippen MR) is 61.3 cm³/mol. The number of para-hydroxylation sites is 1. The third-order valence-electron chi connectivity index (χ3n) is 2.93. The van der Waals surface area contributed by atoms with Crippen molar-refractivity contribution in [3.8, 4) is 0 Å². The maximum atomic E-state index is 13.2. The molecule has 3 nitrogen and oxygen atoms in total. The summed E-state index contributed by atoms with van der Waals surface area (Å²) in [5.41, 5.74) is 1.84. The highest BCUT2D eigenvalue weighted by atomic mass is 19.1. The van der Waals surface area contributed by atoms with Crippen LogP contribution in [0.3, 0.4) is 0 Å². The summed E-state index contributed by atoms with van der Waals surface area (Å²) < 4.78 is 18.7. The number of hydrogen-bond acceptors (Lipinski definition) is 3. The fraction of sp³-hybridized carbons (Fsp3) is 0.333. The summed E-state index contributed by atoms with van der Waals surface area (Å²) in [7, 11) is 0. The number of nitrogens with zero attached hydrogens (tertiary/aromatic N) is 1. The van der Waals surface area contributed by atoms with E-state index in [9.17, 15) is 4.39 Å². The van der Waals surface area contributed by atoms with Gasteiger partial charge in [0.15, 0.2) is 6.30 Å². The molecule has 1 aliphatic rings. The minimum Gasteiger partial charge on any atom is -0.462 e. The largest absolute Gasteiger partial charge is 0.462 e. The SMILES string of the molecule is FC1CN(c2coc3ccccc23)CCN1. The first-order chi connectivity index (χ1) is 7.84. The lowest BCUT2D eigenvalue weighted by atomic mass is 10.2. The number of anilines is 1. The number of hydrogen-bond donors (Lipinski definition) is 1. The van der Waals surface area contributed by atoms with E-state index >= 15 is 0 Å². The summed E-state index contributed by atoms with van der Waals surface area (Å²) in [5, 5.41) is 3.84. The molecule has 1 aliphatic heterocycles. The van der Waals surface area contributed by atoms with Gasteiger partial charge in [-0.2, -0.15) is 0 Å². The molecule has 84 valence electrons. The number of alkyl halides is 1. The zero-order valence-corrected chi connectivity index (χ0v) is 8.82. The Labute approximate surface area is 92.8 Å². The number of nitrogens with one attached hydrogen (secondary N) is 1. The number of fused-ring (bicyclic) bond motifs is 1. The van der Waals surface area contributed by atoms with Gasteiger partial charge in [-0.05, 0) is 12.1 Å². The Balaban J connectivity index is 1.99.